The molecule has 2 rings (SSSR count). The smallest absolute Gasteiger partial charge is 0.129 e. The number of nitrogens with two attached hydrogens (primary N) is 1. The molecule has 0 aliphatic rings. The molecule has 0 bridgehead atoms. The van der Waals surface area contributed by atoms with Crippen LogP contribution < -0.4 is 10.6 Å². The molecule has 0 radical (unpaired) electrons. The molecular weight excluding hydrogens is 234 g/mol. The lowest BCUT2D eigenvalue weighted by Gasteiger charge is -2.29. The highest BCUT2D eigenvalue weighted by Gasteiger charge is 2.16. The highest BCUT2D eigenvalue weighted by molar-refractivity contribution is 5.84. The maximum atomic E-state index is 5.87. The zero-order valence-corrected chi connectivity index (χ0v) is 12.2. The molecule has 0 aliphatic carbocycles. The van der Waals surface area contributed by atoms with Gasteiger partial charge >= 0.3 is 0 Å². The molecule has 2 aromatic rings. The summed E-state index contributed by atoms with van der Waals surface area (Å²) in [6.45, 7) is 7.22. The van der Waals surface area contributed by atoms with Gasteiger partial charge in [0, 0.05) is 25.0 Å². The van der Waals surface area contributed by atoms with Crippen molar-refractivity contribution in [1.29, 1.82) is 0 Å². The molecule has 19 heavy (non-hydrogen) atoms. The lowest BCUT2D eigenvalue weighted by atomic mass is 10.0. The lowest BCUT2D eigenvalue weighted by molar-refractivity contribution is 0.503. The van der Waals surface area contributed by atoms with Gasteiger partial charge in [-0.2, -0.15) is 0 Å². The van der Waals surface area contributed by atoms with E-state index in [4.69, 9.17) is 10.7 Å². The second-order valence-electron chi connectivity index (χ2n) is 5.46. The quantitative estimate of drug-likeness (QED) is 0.914. The van der Waals surface area contributed by atoms with E-state index in [0.29, 0.717) is 18.5 Å². The van der Waals surface area contributed by atoms with E-state index in [2.05, 4.69) is 44.9 Å². The Bertz CT molecular complexity index is 563. The highest BCUT2D eigenvalue weighted by atomic mass is 15.2. The molecule has 1 aromatic carbocycles. The van der Waals surface area contributed by atoms with Crippen molar-refractivity contribution in [2.24, 2.45) is 11.7 Å². The molecular formula is C16H23N3. The topological polar surface area (TPSA) is 42.1 Å². The number of para-hydroxylation sites is 1. The number of nitrogens with zero attached hydrogens (tertiary/aromatic N) is 2. The lowest BCUT2D eigenvalue weighted by Crippen LogP contribution is -2.33. The molecule has 0 fully saturated rings. The van der Waals surface area contributed by atoms with Crippen LogP contribution in [0.3, 0.4) is 0 Å². The summed E-state index contributed by atoms with van der Waals surface area (Å²) in [7, 11) is 2.10. The van der Waals surface area contributed by atoms with E-state index in [1.165, 1.54) is 0 Å². The number of rotatable bonds is 4. The molecule has 0 aliphatic heterocycles. The molecule has 1 atom stereocenters. The van der Waals surface area contributed by atoms with Crippen LogP contribution in [0.2, 0.25) is 0 Å². The third-order valence-electron chi connectivity index (χ3n) is 3.95. The van der Waals surface area contributed by atoms with Crippen LogP contribution in [0.5, 0.6) is 0 Å². The van der Waals surface area contributed by atoms with Crippen molar-refractivity contribution in [3.63, 3.8) is 0 Å². The summed E-state index contributed by atoms with van der Waals surface area (Å²) in [6.07, 6.45) is 0. The molecule has 102 valence electrons. The molecule has 0 saturated heterocycles. The van der Waals surface area contributed by atoms with Crippen LogP contribution in [0.1, 0.15) is 26.3 Å². The molecule has 0 saturated carbocycles. The number of hydrogen-bond donors (Lipinski definition) is 1. The zero-order chi connectivity index (χ0) is 14.0. The molecule has 0 spiro atoms. The summed E-state index contributed by atoms with van der Waals surface area (Å²) < 4.78 is 0. The van der Waals surface area contributed by atoms with Gasteiger partial charge in [-0.25, -0.2) is 4.98 Å². The minimum Gasteiger partial charge on any atom is -0.357 e. The van der Waals surface area contributed by atoms with Crippen LogP contribution in [0.4, 0.5) is 5.82 Å². The number of anilines is 1. The van der Waals surface area contributed by atoms with Gasteiger partial charge in [0.15, 0.2) is 0 Å². The Kier molecular flexibility index (Phi) is 4.05. The SMILES string of the molecule is CC(C)C(C)N(C)c1cc(CN)c2ccccc2n1. The predicted octanol–water partition coefficient (Wildman–Crippen LogP) is 3.17. The summed E-state index contributed by atoms with van der Waals surface area (Å²) in [6, 6.07) is 10.7. The fraction of sp³-hybridized carbons (Fsp3) is 0.438. The summed E-state index contributed by atoms with van der Waals surface area (Å²) in [5, 5.41) is 1.15. The first-order valence-corrected chi connectivity index (χ1v) is 6.86. The van der Waals surface area contributed by atoms with Gasteiger partial charge in [-0.15, -0.1) is 0 Å². The summed E-state index contributed by atoms with van der Waals surface area (Å²) >= 11 is 0. The monoisotopic (exact) mass is 257 g/mol. The molecule has 1 heterocycles. The Morgan fingerprint density at radius 2 is 1.89 bits per heavy atom. The fourth-order valence-corrected chi connectivity index (χ4v) is 2.24. The average molecular weight is 257 g/mol. The standard InChI is InChI=1S/C16H23N3/c1-11(2)12(3)19(4)16-9-13(10-17)14-7-5-6-8-15(14)18-16/h5-9,11-12H,10,17H2,1-4H3. The minimum absolute atomic E-state index is 0.444. The van der Waals surface area contributed by atoms with Crippen molar-refractivity contribution in [1.82, 2.24) is 4.98 Å². The summed E-state index contributed by atoms with van der Waals surface area (Å²) in [4.78, 5) is 6.99. The summed E-state index contributed by atoms with van der Waals surface area (Å²) in [5.41, 5.74) is 8.05. The van der Waals surface area contributed by atoms with Crippen molar-refractivity contribution >= 4 is 16.7 Å². The predicted molar refractivity (Wildman–Crippen MR) is 82.3 cm³/mol. The Morgan fingerprint density at radius 1 is 1.21 bits per heavy atom. The molecule has 3 nitrogen and oxygen atoms in total. The number of hydrogen-bond acceptors (Lipinski definition) is 3. The third kappa shape index (κ3) is 2.71. The zero-order valence-electron chi connectivity index (χ0n) is 12.2. The molecule has 3 heteroatoms. The third-order valence-corrected chi connectivity index (χ3v) is 3.95. The first kappa shape index (κ1) is 13.8. The first-order chi connectivity index (χ1) is 9.04. The maximum absolute atomic E-state index is 5.87. The van der Waals surface area contributed by atoms with Crippen molar-refractivity contribution in [3.8, 4) is 0 Å². The van der Waals surface area contributed by atoms with Gasteiger partial charge in [-0.3, -0.25) is 0 Å². The largest absolute Gasteiger partial charge is 0.357 e. The Labute approximate surface area is 115 Å². The Morgan fingerprint density at radius 3 is 2.53 bits per heavy atom. The van der Waals surface area contributed by atoms with Gasteiger partial charge in [0.1, 0.15) is 5.82 Å². The molecule has 0 amide bonds. The van der Waals surface area contributed by atoms with E-state index in [-0.39, 0.29) is 0 Å². The van der Waals surface area contributed by atoms with E-state index in [1.807, 2.05) is 18.2 Å². The van der Waals surface area contributed by atoms with Crippen LogP contribution in [-0.2, 0) is 6.54 Å². The van der Waals surface area contributed by atoms with Gasteiger partial charge in [0.2, 0.25) is 0 Å². The van der Waals surface area contributed by atoms with Crippen LogP contribution in [-0.4, -0.2) is 18.1 Å². The average Bonchev–Trinajstić information content (AvgIpc) is 2.44. The molecule has 1 aromatic heterocycles. The number of pyridine rings is 1. The Balaban J connectivity index is 2.50. The minimum atomic E-state index is 0.444. The molecule has 1 unspecified atom stereocenters. The maximum Gasteiger partial charge on any atom is 0.129 e. The van der Waals surface area contributed by atoms with Gasteiger partial charge in [0.05, 0.1) is 5.52 Å². The van der Waals surface area contributed by atoms with Crippen molar-refractivity contribution in [2.45, 2.75) is 33.4 Å². The van der Waals surface area contributed by atoms with Crippen LogP contribution in [0.15, 0.2) is 30.3 Å². The van der Waals surface area contributed by atoms with E-state index in [1.54, 1.807) is 0 Å². The number of fused-ring (bicyclic) bond motifs is 1. The molecule has 2 N–H and O–H groups in total. The van der Waals surface area contributed by atoms with Gasteiger partial charge in [0.25, 0.3) is 0 Å². The van der Waals surface area contributed by atoms with Gasteiger partial charge in [-0.05, 0) is 30.5 Å². The number of aromatic nitrogens is 1. The van der Waals surface area contributed by atoms with Crippen molar-refractivity contribution in [3.05, 3.63) is 35.9 Å². The van der Waals surface area contributed by atoms with E-state index in [9.17, 15) is 0 Å². The van der Waals surface area contributed by atoms with E-state index < -0.39 is 0 Å². The second kappa shape index (κ2) is 5.57. The number of benzene rings is 1. The highest BCUT2D eigenvalue weighted by Crippen LogP contribution is 2.24. The van der Waals surface area contributed by atoms with Crippen LogP contribution in [0.25, 0.3) is 10.9 Å². The van der Waals surface area contributed by atoms with E-state index in [0.717, 1.165) is 22.3 Å². The van der Waals surface area contributed by atoms with Crippen molar-refractivity contribution in [2.75, 3.05) is 11.9 Å². The van der Waals surface area contributed by atoms with Gasteiger partial charge < -0.3 is 10.6 Å². The Hall–Kier alpha value is -1.61. The summed E-state index contributed by atoms with van der Waals surface area (Å²) in [5.74, 6) is 1.58. The van der Waals surface area contributed by atoms with E-state index >= 15 is 0 Å². The first-order valence-electron chi connectivity index (χ1n) is 6.86. The van der Waals surface area contributed by atoms with Crippen molar-refractivity contribution < 1.29 is 0 Å². The van der Waals surface area contributed by atoms with Crippen LogP contribution >= 0.6 is 0 Å². The van der Waals surface area contributed by atoms with Gasteiger partial charge in [-0.1, -0.05) is 32.0 Å². The normalized spacial score (nSPS) is 12.9. The van der Waals surface area contributed by atoms with Crippen LogP contribution in [0, 0.1) is 5.92 Å². The second-order valence-corrected chi connectivity index (χ2v) is 5.46. The fourth-order valence-electron chi connectivity index (χ4n) is 2.24.